The molecule has 0 fully saturated rings. The van der Waals surface area contributed by atoms with Gasteiger partial charge in [0.05, 0.1) is 26.5 Å². The first-order valence-corrected chi connectivity index (χ1v) is 8.24. The molecule has 2 heterocycles. The number of pyridine rings is 1. The van der Waals surface area contributed by atoms with E-state index in [1.165, 1.54) is 10.6 Å². The Balaban J connectivity index is 2.49. The minimum absolute atomic E-state index is 0.00393. The van der Waals surface area contributed by atoms with E-state index in [1.54, 1.807) is 6.07 Å². The van der Waals surface area contributed by atoms with Crippen molar-refractivity contribution >= 4 is 59.1 Å². The molecule has 116 valence electrons. The lowest BCUT2D eigenvalue weighted by Gasteiger charge is -2.11. The number of halogens is 2. The molecule has 0 aliphatic heterocycles. The van der Waals surface area contributed by atoms with E-state index in [2.05, 4.69) is 37.0 Å². The first-order valence-electron chi connectivity index (χ1n) is 6.65. The summed E-state index contributed by atoms with van der Waals surface area (Å²) < 4.78 is 2.26. The van der Waals surface area contributed by atoms with Gasteiger partial charge >= 0.3 is 0 Å². The van der Waals surface area contributed by atoms with Crippen LogP contribution in [0, 0.1) is 0 Å². The van der Waals surface area contributed by atoms with Gasteiger partial charge in [-0.1, -0.05) is 0 Å². The first kappa shape index (κ1) is 14.7. The second-order valence-electron chi connectivity index (χ2n) is 5.16. The SMILES string of the molecule is NCc1nn2c3c(O)cc(Br)c(=O)c3c(O)c3c(Br)ccc1c32. The van der Waals surface area contributed by atoms with E-state index in [0.29, 0.717) is 21.1 Å². The zero-order valence-corrected chi connectivity index (χ0v) is 14.6. The molecule has 0 aliphatic carbocycles. The first-order chi connectivity index (χ1) is 11.0. The molecule has 0 saturated carbocycles. The van der Waals surface area contributed by atoms with Gasteiger partial charge in [0.15, 0.2) is 0 Å². The van der Waals surface area contributed by atoms with Gasteiger partial charge in [0.2, 0.25) is 5.43 Å². The number of phenols is 1. The molecule has 0 unspecified atom stereocenters. The Labute approximate surface area is 145 Å². The molecule has 0 radical (unpaired) electrons. The summed E-state index contributed by atoms with van der Waals surface area (Å²) in [5.74, 6) is -0.355. The van der Waals surface area contributed by atoms with Crippen LogP contribution in [0.15, 0.2) is 31.9 Å². The molecule has 4 aromatic rings. The average Bonchev–Trinajstić information content (AvgIpc) is 2.88. The summed E-state index contributed by atoms with van der Waals surface area (Å²) >= 11 is 6.51. The molecular formula is C15H9Br2N3O3. The van der Waals surface area contributed by atoms with Crippen LogP contribution < -0.4 is 11.2 Å². The highest BCUT2D eigenvalue weighted by molar-refractivity contribution is 9.11. The van der Waals surface area contributed by atoms with Crippen molar-refractivity contribution in [2.45, 2.75) is 6.54 Å². The third-order valence-electron chi connectivity index (χ3n) is 3.94. The van der Waals surface area contributed by atoms with Crippen LogP contribution >= 0.6 is 31.9 Å². The third-order valence-corrected chi connectivity index (χ3v) is 5.19. The second-order valence-corrected chi connectivity index (χ2v) is 6.87. The Kier molecular flexibility index (Phi) is 3.06. The lowest BCUT2D eigenvalue weighted by Crippen LogP contribution is -2.06. The highest BCUT2D eigenvalue weighted by Gasteiger charge is 2.23. The number of nitrogens with two attached hydrogens (primary N) is 1. The molecule has 4 rings (SSSR count). The van der Waals surface area contributed by atoms with Gasteiger partial charge in [-0.15, -0.1) is 0 Å². The van der Waals surface area contributed by atoms with Crippen molar-refractivity contribution in [1.82, 2.24) is 9.61 Å². The standard InChI is InChI=1S/C15H9Br2N3O3/c16-6-2-1-5-8(4-18)19-20-12(5)10(6)15(23)11-13(20)9(21)3-7(17)14(11)22/h1-3,21,23H,4,18H2. The zero-order valence-electron chi connectivity index (χ0n) is 11.5. The van der Waals surface area contributed by atoms with Gasteiger partial charge in [-0.25, -0.2) is 4.52 Å². The van der Waals surface area contributed by atoms with Crippen molar-refractivity contribution in [1.29, 1.82) is 0 Å². The number of aromatic hydroxyl groups is 2. The fourth-order valence-corrected chi connectivity index (χ4v) is 3.87. The lowest BCUT2D eigenvalue weighted by molar-refractivity contribution is 0.474. The summed E-state index contributed by atoms with van der Waals surface area (Å²) in [6, 6.07) is 4.90. The molecule has 2 aromatic carbocycles. The minimum atomic E-state index is -0.422. The van der Waals surface area contributed by atoms with Crippen LogP contribution in [0.5, 0.6) is 11.5 Å². The summed E-state index contributed by atoms with van der Waals surface area (Å²) in [4.78, 5) is 12.5. The van der Waals surface area contributed by atoms with Crippen LogP contribution in [-0.4, -0.2) is 19.8 Å². The maximum atomic E-state index is 12.5. The maximum absolute atomic E-state index is 12.5. The smallest absolute Gasteiger partial charge is 0.206 e. The minimum Gasteiger partial charge on any atom is -0.506 e. The molecule has 23 heavy (non-hydrogen) atoms. The highest BCUT2D eigenvalue weighted by atomic mass is 79.9. The van der Waals surface area contributed by atoms with Gasteiger partial charge in [0.1, 0.15) is 17.0 Å². The number of phenolic OH excluding ortho intramolecular Hbond substituents is 1. The molecule has 2 aromatic heterocycles. The molecular weight excluding hydrogens is 430 g/mol. The Morgan fingerprint density at radius 1 is 1.13 bits per heavy atom. The molecule has 0 spiro atoms. The topological polar surface area (TPSA) is 101 Å². The summed E-state index contributed by atoms with van der Waals surface area (Å²) in [6.45, 7) is 0.197. The van der Waals surface area contributed by atoms with Crippen LogP contribution in [-0.2, 0) is 6.54 Å². The fraction of sp³-hybridized carbons (Fsp3) is 0.0667. The Morgan fingerprint density at radius 2 is 1.87 bits per heavy atom. The van der Waals surface area contributed by atoms with Crippen molar-refractivity contribution in [3.63, 3.8) is 0 Å². The Morgan fingerprint density at radius 3 is 2.57 bits per heavy atom. The van der Waals surface area contributed by atoms with Crippen molar-refractivity contribution < 1.29 is 10.2 Å². The van der Waals surface area contributed by atoms with E-state index < -0.39 is 5.43 Å². The number of fused-ring (bicyclic) bond motifs is 2. The van der Waals surface area contributed by atoms with E-state index in [1.807, 2.05) is 6.07 Å². The third kappa shape index (κ3) is 1.76. The fourth-order valence-electron chi connectivity index (χ4n) is 2.95. The predicted octanol–water partition coefficient (Wildman–Crippen LogP) is 2.83. The van der Waals surface area contributed by atoms with Crippen LogP contribution in [0.4, 0.5) is 0 Å². The molecule has 8 heteroatoms. The predicted molar refractivity (Wildman–Crippen MR) is 94.3 cm³/mol. The van der Waals surface area contributed by atoms with Crippen molar-refractivity contribution in [3.8, 4) is 11.5 Å². The molecule has 0 amide bonds. The molecule has 6 nitrogen and oxygen atoms in total. The molecule has 4 N–H and O–H groups in total. The van der Waals surface area contributed by atoms with Gasteiger partial charge < -0.3 is 15.9 Å². The quantitative estimate of drug-likeness (QED) is 0.396. The van der Waals surface area contributed by atoms with Gasteiger partial charge in [-0.05, 0) is 44.0 Å². The number of hydrogen-bond acceptors (Lipinski definition) is 5. The van der Waals surface area contributed by atoms with Crippen molar-refractivity contribution in [3.05, 3.63) is 43.1 Å². The largest absolute Gasteiger partial charge is 0.506 e. The number of rotatable bonds is 1. The maximum Gasteiger partial charge on any atom is 0.206 e. The van der Waals surface area contributed by atoms with E-state index in [0.717, 1.165) is 5.39 Å². The van der Waals surface area contributed by atoms with Crippen LogP contribution in [0.2, 0.25) is 0 Å². The zero-order chi connectivity index (χ0) is 16.5. The number of benzene rings is 2. The van der Waals surface area contributed by atoms with Crippen LogP contribution in [0.3, 0.4) is 0 Å². The Bertz CT molecular complexity index is 1170. The van der Waals surface area contributed by atoms with E-state index in [-0.39, 0.29) is 33.4 Å². The average molecular weight is 439 g/mol. The Hall–Kier alpha value is -1.90. The normalized spacial score (nSPS) is 12.0. The number of hydrogen-bond donors (Lipinski definition) is 3. The van der Waals surface area contributed by atoms with E-state index >= 15 is 0 Å². The van der Waals surface area contributed by atoms with Gasteiger partial charge in [-0.2, -0.15) is 5.10 Å². The van der Waals surface area contributed by atoms with E-state index in [4.69, 9.17) is 5.73 Å². The highest BCUT2D eigenvalue weighted by Crippen LogP contribution is 2.42. The molecule has 0 saturated heterocycles. The van der Waals surface area contributed by atoms with Crippen molar-refractivity contribution in [2.24, 2.45) is 5.73 Å². The molecule has 0 aliphatic rings. The van der Waals surface area contributed by atoms with Gasteiger partial charge in [0, 0.05) is 22.5 Å². The van der Waals surface area contributed by atoms with Crippen LogP contribution in [0.25, 0.3) is 27.2 Å². The van der Waals surface area contributed by atoms with Crippen molar-refractivity contribution in [2.75, 3.05) is 0 Å². The van der Waals surface area contributed by atoms with Crippen LogP contribution in [0.1, 0.15) is 5.69 Å². The molecule has 0 bridgehead atoms. The summed E-state index contributed by atoms with van der Waals surface area (Å²) in [6.07, 6.45) is 0. The lowest BCUT2D eigenvalue weighted by atomic mass is 10.1. The summed E-state index contributed by atoms with van der Waals surface area (Å²) in [7, 11) is 0. The number of nitrogens with zero attached hydrogens (tertiary/aromatic N) is 2. The van der Waals surface area contributed by atoms with Gasteiger partial charge in [-0.3, -0.25) is 4.79 Å². The molecule has 0 atom stereocenters. The summed E-state index contributed by atoms with van der Waals surface area (Å²) in [5.41, 5.74) is 6.70. The second kappa shape index (κ2) is 4.80. The number of aromatic nitrogens is 2. The summed E-state index contributed by atoms with van der Waals surface area (Å²) in [5, 5.41) is 26.6. The van der Waals surface area contributed by atoms with Gasteiger partial charge in [0.25, 0.3) is 0 Å². The van der Waals surface area contributed by atoms with E-state index in [9.17, 15) is 15.0 Å². The monoisotopic (exact) mass is 437 g/mol.